The van der Waals surface area contributed by atoms with Crippen molar-refractivity contribution in [1.82, 2.24) is 4.90 Å². The first-order chi connectivity index (χ1) is 14.6. The van der Waals surface area contributed by atoms with Gasteiger partial charge >= 0.3 is 0 Å². The second-order valence-electron chi connectivity index (χ2n) is 7.19. The lowest BCUT2D eigenvalue weighted by Gasteiger charge is -2.35. The van der Waals surface area contributed by atoms with Gasteiger partial charge in [-0.3, -0.25) is 9.69 Å². The summed E-state index contributed by atoms with van der Waals surface area (Å²) in [6, 6.07) is 14.2. The van der Waals surface area contributed by atoms with E-state index in [1.807, 2.05) is 0 Å². The molecule has 1 aliphatic rings. The number of anilines is 1. The van der Waals surface area contributed by atoms with Crippen LogP contribution in [0.2, 0.25) is 0 Å². The first-order valence-corrected chi connectivity index (χ1v) is 9.79. The molecule has 3 aromatic rings. The van der Waals surface area contributed by atoms with Crippen molar-refractivity contribution in [1.29, 1.82) is 0 Å². The molecule has 0 amide bonds. The molecule has 1 saturated heterocycles. The largest absolute Gasteiger partial charge is 0.482 e. The van der Waals surface area contributed by atoms with E-state index in [9.17, 15) is 13.6 Å². The van der Waals surface area contributed by atoms with E-state index in [-0.39, 0.29) is 29.4 Å². The fourth-order valence-corrected chi connectivity index (χ4v) is 3.43. The summed E-state index contributed by atoms with van der Waals surface area (Å²) in [6.45, 7) is 3.68. The second-order valence-corrected chi connectivity index (χ2v) is 7.19. The highest BCUT2D eigenvalue weighted by Crippen LogP contribution is 2.18. The molecular formula is C23H22F2N2O3. The number of ether oxygens (including phenoxy) is 1. The molecule has 1 aromatic heterocycles. The summed E-state index contributed by atoms with van der Waals surface area (Å²) in [5, 5.41) is 0. The molecule has 0 N–H and O–H groups in total. The third-order valence-corrected chi connectivity index (χ3v) is 5.14. The van der Waals surface area contributed by atoms with Crippen molar-refractivity contribution in [2.24, 2.45) is 0 Å². The minimum absolute atomic E-state index is 0.0396. The summed E-state index contributed by atoms with van der Waals surface area (Å²) in [4.78, 5) is 16.7. The summed E-state index contributed by atoms with van der Waals surface area (Å²) < 4.78 is 37.7. The molecule has 0 aliphatic carbocycles. The Hall–Kier alpha value is -3.19. The number of hydrogen-bond acceptors (Lipinski definition) is 5. The minimum atomic E-state index is -0.377. The van der Waals surface area contributed by atoms with Gasteiger partial charge in [0.15, 0.2) is 0 Å². The highest BCUT2D eigenvalue weighted by Gasteiger charge is 2.18. The lowest BCUT2D eigenvalue weighted by atomic mass is 10.2. The van der Waals surface area contributed by atoms with E-state index in [2.05, 4.69) is 9.80 Å². The number of hydrogen-bond donors (Lipinski definition) is 0. The van der Waals surface area contributed by atoms with E-state index in [0.29, 0.717) is 17.9 Å². The number of piperazine rings is 1. The first kappa shape index (κ1) is 20.1. The van der Waals surface area contributed by atoms with E-state index in [0.717, 1.165) is 31.9 Å². The Labute approximate surface area is 173 Å². The third-order valence-electron chi connectivity index (χ3n) is 5.14. The summed E-state index contributed by atoms with van der Waals surface area (Å²) >= 11 is 0. The Morgan fingerprint density at radius 2 is 1.70 bits per heavy atom. The fourth-order valence-electron chi connectivity index (χ4n) is 3.43. The molecule has 0 atom stereocenters. The van der Waals surface area contributed by atoms with Crippen LogP contribution in [0.1, 0.15) is 11.3 Å². The molecule has 4 rings (SSSR count). The van der Waals surface area contributed by atoms with Crippen molar-refractivity contribution in [3.63, 3.8) is 0 Å². The highest BCUT2D eigenvalue weighted by atomic mass is 19.1. The van der Waals surface area contributed by atoms with E-state index >= 15 is 0 Å². The molecule has 2 heterocycles. The van der Waals surface area contributed by atoms with Crippen LogP contribution in [0.15, 0.2) is 70.1 Å². The smallest absolute Gasteiger partial charge is 0.227 e. The van der Waals surface area contributed by atoms with Crippen molar-refractivity contribution < 1.29 is 17.9 Å². The Morgan fingerprint density at radius 3 is 2.40 bits per heavy atom. The van der Waals surface area contributed by atoms with Crippen LogP contribution in [0.25, 0.3) is 0 Å². The van der Waals surface area contributed by atoms with Gasteiger partial charge in [0, 0.05) is 43.5 Å². The quantitative estimate of drug-likeness (QED) is 0.616. The minimum Gasteiger partial charge on any atom is -0.482 e. The topological polar surface area (TPSA) is 45.9 Å². The van der Waals surface area contributed by atoms with Crippen LogP contribution in [0.4, 0.5) is 14.5 Å². The van der Waals surface area contributed by atoms with Crippen LogP contribution in [0.5, 0.6) is 5.75 Å². The number of halogens is 2. The lowest BCUT2D eigenvalue weighted by molar-refractivity contribution is 0.224. The number of benzene rings is 2. The highest BCUT2D eigenvalue weighted by molar-refractivity contribution is 5.46. The molecule has 0 saturated carbocycles. The Kier molecular flexibility index (Phi) is 6.09. The first-order valence-electron chi connectivity index (χ1n) is 9.79. The molecule has 1 fully saturated rings. The molecule has 1 aliphatic heterocycles. The molecule has 156 valence electrons. The van der Waals surface area contributed by atoms with Crippen LogP contribution in [-0.4, -0.2) is 31.1 Å². The molecule has 2 aromatic carbocycles. The van der Waals surface area contributed by atoms with E-state index in [1.54, 1.807) is 30.3 Å². The predicted molar refractivity (Wildman–Crippen MR) is 110 cm³/mol. The van der Waals surface area contributed by atoms with Gasteiger partial charge < -0.3 is 14.1 Å². The average molecular weight is 412 g/mol. The monoisotopic (exact) mass is 412 g/mol. The summed E-state index contributed by atoms with van der Waals surface area (Å²) in [6.07, 6.45) is 1.28. The zero-order valence-corrected chi connectivity index (χ0v) is 16.4. The zero-order valence-electron chi connectivity index (χ0n) is 16.4. The van der Waals surface area contributed by atoms with Crippen molar-refractivity contribution in [3.05, 3.63) is 94.0 Å². The van der Waals surface area contributed by atoms with Crippen LogP contribution in [0, 0.1) is 11.6 Å². The average Bonchev–Trinajstić information content (AvgIpc) is 2.75. The summed E-state index contributed by atoms with van der Waals surface area (Å²) in [5.41, 5.74) is 1.08. The van der Waals surface area contributed by atoms with E-state index in [4.69, 9.17) is 9.15 Å². The van der Waals surface area contributed by atoms with E-state index in [1.165, 1.54) is 30.5 Å². The maximum atomic E-state index is 13.7. The third kappa shape index (κ3) is 4.86. The van der Waals surface area contributed by atoms with Gasteiger partial charge in [-0.05, 0) is 30.3 Å². The van der Waals surface area contributed by atoms with Gasteiger partial charge in [-0.25, -0.2) is 8.78 Å². The summed E-state index contributed by atoms with van der Waals surface area (Å²) in [5.74, 6) is -0.0105. The molecule has 7 heteroatoms. The van der Waals surface area contributed by atoms with Gasteiger partial charge in [-0.1, -0.05) is 18.2 Å². The lowest BCUT2D eigenvalue weighted by Crippen LogP contribution is -2.46. The van der Waals surface area contributed by atoms with Gasteiger partial charge in [-0.15, -0.1) is 0 Å². The Morgan fingerprint density at radius 1 is 0.967 bits per heavy atom. The van der Waals surface area contributed by atoms with Gasteiger partial charge in [0.2, 0.25) is 11.2 Å². The maximum Gasteiger partial charge on any atom is 0.227 e. The van der Waals surface area contributed by atoms with Crippen LogP contribution in [0.3, 0.4) is 0 Å². The molecule has 5 nitrogen and oxygen atoms in total. The normalized spacial score (nSPS) is 14.7. The van der Waals surface area contributed by atoms with Crippen LogP contribution < -0.4 is 15.1 Å². The van der Waals surface area contributed by atoms with Crippen LogP contribution >= 0.6 is 0 Å². The summed E-state index contributed by atoms with van der Waals surface area (Å²) in [7, 11) is 0. The second kappa shape index (κ2) is 9.09. The standard InChI is InChI=1S/C23H22F2N2O3/c24-18-5-7-19(8-6-18)27-11-9-26(10-12-27)14-20-13-22(28)23(16-29-20)30-15-17-3-1-2-4-21(17)25/h1-8,13,16H,9-12,14-15H2. The van der Waals surface area contributed by atoms with Crippen molar-refractivity contribution in [2.75, 3.05) is 31.1 Å². The molecule has 0 unspecified atom stereocenters. The number of nitrogens with zero attached hydrogens (tertiary/aromatic N) is 2. The van der Waals surface area contributed by atoms with Crippen molar-refractivity contribution in [2.45, 2.75) is 13.2 Å². The fraction of sp³-hybridized carbons (Fsp3) is 0.261. The Bertz CT molecular complexity index is 1040. The maximum absolute atomic E-state index is 13.7. The van der Waals surface area contributed by atoms with Crippen molar-refractivity contribution >= 4 is 5.69 Å². The van der Waals surface area contributed by atoms with Gasteiger partial charge in [-0.2, -0.15) is 0 Å². The SMILES string of the molecule is O=c1cc(CN2CCN(c3ccc(F)cc3)CC2)occ1OCc1ccccc1F. The molecular weight excluding hydrogens is 390 g/mol. The van der Waals surface area contributed by atoms with Crippen LogP contribution in [-0.2, 0) is 13.2 Å². The van der Waals surface area contributed by atoms with Crippen molar-refractivity contribution in [3.8, 4) is 5.75 Å². The molecule has 30 heavy (non-hydrogen) atoms. The zero-order chi connectivity index (χ0) is 20.9. The van der Waals surface area contributed by atoms with E-state index < -0.39 is 0 Å². The molecule has 0 radical (unpaired) electrons. The van der Waals surface area contributed by atoms with Gasteiger partial charge in [0.25, 0.3) is 0 Å². The predicted octanol–water partition coefficient (Wildman–Crippen LogP) is 3.82. The molecule has 0 bridgehead atoms. The number of rotatable bonds is 6. The molecule has 0 spiro atoms. The van der Waals surface area contributed by atoms with Gasteiger partial charge in [0.1, 0.15) is 30.3 Å². The Balaban J connectivity index is 1.31. The van der Waals surface area contributed by atoms with Gasteiger partial charge in [0.05, 0.1) is 6.54 Å².